The van der Waals surface area contributed by atoms with Crippen LogP contribution in [-0.4, -0.2) is 42.0 Å². The van der Waals surface area contributed by atoms with Crippen molar-refractivity contribution < 1.29 is 4.79 Å². The van der Waals surface area contributed by atoms with Crippen LogP contribution in [0.4, 0.5) is 0 Å². The van der Waals surface area contributed by atoms with Crippen molar-refractivity contribution in [2.75, 3.05) is 13.1 Å². The van der Waals surface area contributed by atoms with Gasteiger partial charge in [0, 0.05) is 44.2 Å². The molecule has 1 aromatic rings. The topological polar surface area (TPSA) is 44.4 Å². The number of amides is 1. The first kappa shape index (κ1) is 17.0. The van der Waals surface area contributed by atoms with Gasteiger partial charge in [-0.3, -0.25) is 9.69 Å². The van der Waals surface area contributed by atoms with Crippen LogP contribution in [0.2, 0.25) is 0 Å². The Morgan fingerprint density at radius 2 is 1.96 bits per heavy atom. The second-order valence-electron chi connectivity index (χ2n) is 8.32. The van der Waals surface area contributed by atoms with Gasteiger partial charge in [0.1, 0.15) is 0 Å². The second kappa shape index (κ2) is 7.46. The molecule has 0 radical (unpaired) electrons. The van der Waals surface area contributed by atoms with E-state index in [4.69, 9.17) is 0 Å². The summed E-state index contributed by atoms with van der Waals surface area (Å²) in [5.74, 6) is 0.825. The predicted molar refractivity (Wildman–Crippen MR) is 100 cm³/mol. The van der Waals surface area contributed by atoms with Gasteiger partial charge in [0.05, 0.1) is 0 Å². The molecule has 3 unspecified atom stereocenters. The molecule has 3 atom stereocenters. The predicted octanol–water partition coefficient (Wildman–Crippen LogP) is 2.47. The third-order valence-electron chi connectivity index (χ3n) is 6.42. The van der Waals surface area contributed by atoms with Crippen LogP contribution in [0.5, 0.6) is 0 Å². The lowest BCUT2D eigenvalue weighted by Gasteiger charge is -2.34. The van der Waals surface area contributed by atoms with Crippen molar-refractivity contribution in [2.24, 2.45) is 5.92 Å². The minimum atomic E-state index is 0.246. The van der Waals surface area contributed by atoms with Crippen LogP contribution in [0.1, 0.15) is 50.2 Å². The molecule has 2 bridgehead atoms. The summed E-state index contributed by atoms with van der Waals surface area (Å²) in [6, 6.07) is 10.5. The van der Waals surface area contributed by atoms with Crippen LogP contribution in [0.3, 0.4) is 0 Å². The van der Waals surface area contributed by atoms with E-state index in [9.17, 15) is 4.79 Å². The van der Waals surface area contributed by atoms with E-state index in [1.165, 1.54) is 36.8 Å². The number of nitrogens with one attached hydrogen (secondary N) is 2. The first-order valence-corrected chi connectivity index (χ1v) is 10.0. The van der Waals surface area contributed by atoms with Crippen LogP contribution in [0.15, 0.2) is 24.3 Å². The number of hydrogen-bond acceptors (Lipinski definition) is 3. The summed E-state index contributed by atoms with van der Waals surface area (Å²) in [5, 5.41) is 6.86. The van der Waals surface area contributed by atoms with Gasteiger partial charge in [0.15, 0.2) is 0 Å². The Morgan fingerprint density at radius 3 is 2.72 bits per heavy atom. The molecular formula is C21H31N3O. The van der Waals surface area contributed by atoms with Crippen molar-refractivity contribution in [2.45, 2.75) is 70.1 Å². The number of rotatable bonds is 5. The molecule has 3 aliphatic heterocycles. The molecule has 1 amide bonds. The quantitative estimate of drug-likeness (QED) is 0.865. The minimum absolute atomic E-state index is 0.246. The Kier molecular flexibility index (Phi) is 5.09. The molecular weight excluding hydrogens is 310 g/mol. The van der Waals surface area contributed by atoms with E-state index < -0.39 is 0 Å². The summed E-state index contributed by atoms with van der Waals surface area (Å²) >= 11 is 0. The van der Waals surface area contributed by atoms with E-state index in [0.29, 0.717) is 30.5 Å². The SMILES string of the molecule is CC(CNC(=O)CC1CC2CCC(C1)N2)N1CCc2ccccc2C1. The highest BCUT2D eigenvalue weighted by Gasteiger charge is 2.34. The van der Waals surface area contributed by atoms with Crippen LogP contribution >= 0.6 is 0 Å². The highest BCUT2D eigenvalue weighted by Crippen LogP contribution is 2.32. The van der Waals surface area contributed by atoms with Gasteiger partial charge < -0.3 is 10.6 Å². The van der Waals surface area contributed by atoms with Gasteiger partial charge in [-0.25, -0.2) is 0 Å². The zero-order chi connectivity index (χ0) is 17.2. The van der Waals surface area contributed by atoms with E-state index in [0.717, 1.165) is 26.1 Å². The highest BCUT2D eigenvalue weighted by molar-refractivity contribution is 5.76. The number of nitrogens with zero attached hydrogens (tertiary/aromatic N) is 1. The molecule has 2 N–H and O–H groups in total. The van der Waals surface area contributed by atoms with Gasteiger partial charge in [-0.05, 0) is 56.1 Å². The monoisotopic (exact) mass is 341 g/mol. The van der Waals surface area contributed by atoms with Gasteiger partial charge in [0.25, 0.3) is 0 Å². The fourth-order valence-corrected chi connectivity index (χ4v) is 4.96. The summed E-state index contributed by atoms with van der Waals surface area (Å²) in [7, 11) is 0. The molecule has 3 heterocycles. The summed E-state index contributed by atoms with van der Waals surface area (Å²) in [4.78, 5) is 14.9. The maximum absolute atomic E-state index is 12.4. The zero-order valence-corrected chi connectivity index (χ0v) is 15.3. The van der Waals surface area contributed by atoms with E-state index in [1.54, 1.807) is 0 Å². The first-order chi connectivity index (χ1) is 12.2. The molecule has 4 rings (SSSR count). The molecule has 1 aromatic carbocycles. The Balaban J connectivity index is 1.22. The van der Waals surface area contributed by atoms with E-state index >= 15 is 0 Å². The molecule has 4 heteroatoms. The molecule has 2 saturated heterocycles. The number of carbonyl (C=O) groups excluding carboxylic acids is 1. The number of hydrogen-bond donors (Lipinski definition) is 2. The molecule has 4 nitrogen and oxygen atoms in total. The Morgan fingerprint density at radius 1 is 1.24 bits per heavy atom. The molecule has 0 spiro atoms. The lowest BCUT2D eigenvalue weighted by Crippen LogP contribution is -2.45. The van der Waals surface area contributed by atoms with Crippen molar-refractivity contribution in [3.63, 3.8) is 0 Å². The maximum atomic E-state index is 12.4. The third-order valence-corrected chi connectivity index (χ3v) is 6.42. The normalized spacial score (nSPS) is 29.9. The van der Waals surface area contributed by atoms with Crippen molar-refractivity contribution in [1.82, 2.24) is 15.5 Å². The van der Waals surface area contributed by atoms with Crippen LogP contribution in [-0.2, 0) is 17.8 Å². The highest BCUT2D eigenvalue weighted by atomic mass is 16.1. The van der Waals surface area contributed by atoms with Gasteiger partial charge in [0.2, 0.25) is 5.91 Å². The number of benzene rings is 1. The van der Waals surface area contributed by atoms with Gasteiger partial charge >= 0.3 is 0 Å². The Hall–Kier alpha value is -1.39. The first-order valence-electron chi connectivity index (χ1n) is 10.0. The molecule has 0 aromatic heterocycles. The largest absolute Gasteiger partial charge is 0.355 e. The van der Waals surface area contributed by atoms with Crippen LogP contribution < -0.4 is 10.6 Å². The molecule has 2 fully saturated rings. The van der Waals surface area contributed by atoms with Gasteiger partial charge in [-0.2, -0.15) is 0 Å². The van der Waals surface area contributed by atoms with Gasteiger partial charge in [-0.15, -0.1) is 0 Å². The molecule has 0 saturated carbocycles. The maximum Gasteiger partial charge on any atom is 0.220 e. The molecule has 25 heavy (non-hydrogen) atoms. The summed E-state index contributed by atoms with van der Waals surface area (Å²) in [6.07, 6.45) is 6.80. The summed E-state index contributed by atoms with van der Waals surface area (Å²) < 4.78 is 0. The third kappa shape index (κ3) is 4.06. The van der Waals surface area contributed by atoms with Crippen molar-refractivity contribution in [3.8, 4) is 0 Å². The van der Waals surface area contributed by atoms with Gasteiger partial charge in [-0.1, -0.05) is 24.3 Å². The summed E-state index contributed by atoms with van der Waals surface area (Å²) in [6.45, 7) is 5.09. The number of piperidine rings is 1. The smallest absolute Gasteiger partial charge is 0.220 e. The second-order valence-corrected chi connectivity index (χ2v) is 8.32. The zero-order valence-electron chi connectivity index (χ0n) is 15.3. The van der Waals surface area contributed by atoms with Crippen molar-refractivity contribution in [1.29, 1.82) is 0 Å². The minimum Gasteiger partial charge on any atom is -0.355 e. The fourth-order valence-electron chi connectivity index (χ4n) is 4.96. The average molecular weight is 341 g/mol. The average Bonchev–Trinajstić information content (AvgIpc) is 2.97. The fraction of sp³-hybridized carbons (Fsp3) is 0.667. The van der Waals surface area contributed by atoms with Crippen molar-refractivity contribution in [3.05, 3.63) is 35.4 Å². The molecule has 3 aliphatic rings. The lowest BCUT2D eigenvalue weighted by atomic mass is 9.89. The number of carbonyl (C=O) groups is 1. The Bertz CT molecular complexity index is 605. The molecule has 136 valence electrons. The van der Waals surface area contributed by atoms with Crippen LogP contribution in [0.25, 0.3) is 0 Å². The van der Waals surface area contributed by atoms with E-state index in [-0.39, 0.29) is 5.91 Å². The van der Waals surface area contributed by atoms with Crippen LogP contribution in [0, 0.1) is 5.92 Å². The number of fused-ring (bicyclic) bond motifs is 3. The Labute approximate surface area is 151 Å². The standard InChI is InChI=1S/C21H31N3O/c1-15(24-9-8-17-4-2-3-5-18(17)14-24)13-22-21(25)12-16-10-19-6-7-20(11-16)23-19/h2-5,15-16,19-20,23H,6-14H2,1H3,(H,22,25). The van der Waals surface area contributed by atoms with Crippen molar-refractivity contribution >= 4 is 5.91 Å². The summed E-state index contributed by atoms with van der Waals surface area (Å²) in [5.41, 5.74) is 2.92. The lowest BCUT2D eigenvalue weighted by molar-refractivity contribution is -0.122. The van der Waals surface area contributed by atoms with E-state index in [1.807, 2.05) is 0 Å². The van der Waals surface area contributed by atoms with E-state index in [2.05, 4.69) is 46.7 Å². The molecule has 0 aliphatic carbocycles.